The zero-order valence-electron chi connectivity index (χ0n) is 28.5. The molecule has 0 radical (unpaired) electrons. The number of nitrogens with one attached hydrogen (secondary N) is 2. The molecule has 0 aromatic heterocycles. The third kappa shape index (κ3) is 8.54. The number of fused-ring (bicyclic) bond motifs is 1. The number of hydrogen-bond acceptors (Lipinski definition) is 9. The first-order valence-corrected chi connectivity index (χ1v) is 17.7. The van der Waals surface area contributed by atoms with Crippen LogP contribution in [0.3, 0.4) is 0 Å². The molecule has 5 rings (SSSR count). The average molecular weight is 702 g/mol. The molecule has 0 saturated carbocycles. The van der Waals surface area contributed by atoms with Crippen LogP contribution in [-0.2, 0) is 16.6 Å². The summed E-state index contributed by atoms with van der Waals surface area (Å²) in [6, 6.07) is 24.5. The summed E-state index contributed by atoms with van der Waals surface area (Å²) in [5.74, 6) is 0.0918. The van der Waals surface area contributed by atoms with Gasteiger partial charge in [0.25, 0.3) is 21.8 Å². The van der Waals surface area contributed by atoms with Gasteiger partial charge in [0.2, 0.25) is 0 Å². The Kier molecular flexibility index (Phi) is 11.3. The molecule has 0 spiro atoms. The third-order valence-corrected chi connectivity index (χ3v) is 10.1. The zero-order valence-corrected chi connectivity index (χ0v) is 29.3. The Labute approximate surface area is 292 Å². The number of hydrogen-bond donors (Lipinski definition) is 4. The highest BCUT2D eigenvalue weighted by molar-refractivity contribution is 7.92. The van der Waals surface area contributed by atoms with E-state index in [0.29, 0.717) is 48.1 Å². The van der Waals surface area contributed by atoms with Crippen molar-refractivity contribution < 1.29 is 32.6 Å². The number of benzene rings is 4. The van der Waals surface area contributed by atoms with E-state index in [-0.39, 0.29) is 46.6 Å². The number of amides is 2. The minimum absolute atomic E-state index is 0.0374. The van der Waals surface area contributed by atoms with Gasteiger partial charge in [-0.3, -0.25) is 19.2 Å². The lowest BCUT2D eigenvalue weighted by atomic mass is 9.99. The van der Waals surface area contributed by atoms with Crippen molar-refractivity contribution in [2.24, 2.45) is 5.92 Å². The molecule has 264 valence electrons. The maximum absolute atomic E-state index is 13.9. The van der Waals surface area contributed by atoms with Crippen molar-refractivity contribution in [3.63, 3.8) is 0 Å². The molecule has 1 heterocycles. The van der Waals surface area contributed by atoms with Gasteiger partial charge < -0.3 is 30.5 Å². The lowest BCUT2D eigenvalue weighted by Gasteiger charge is -2.38. The number of rotatable bonds is 12. The quantitative estimate of drug-likeness (QED) is 0.154. The minimum atomic E-state index is -3.97. The molecule has 0 saturated heterocycles. The number of aliphatic hydroxyl groups is 1. The van der Waals surface area contributed by atoms with Crippen molar-refractivity contribution >= 4 is 38.9 Å². The molecule has 13 heteroatoms. The molecule has 1 aliphatic heterocycles. The van der Waals surface area contributed by atoms with Crippen LogP contribution < -0.4 is 25.2 Å². The molecule has 2 amide bonds. The first kappa shape index (κ1) is 36.2. The molecule has 0 fully saturated rings. The normalized spacial score (nSPS) is 16.8. The van der Waals surface area contributed by atoms with E-state index in [1.807, 2.05) is 26.1 Å². The van der Waals surface area contributed by atoms with Gasteiger partial charge in [-0.2, -0.15) is 0 Å². The van der Waals surface area contributed by atoms with Crippen molar-refractivity contribution in [3.05, 3.63) is 108 Å². The number of ether oxygens (including phenoxy) is 2. The van der Waals surface area contributed by atoms with Crippen LogP contribution >= 0.6 is 0 Å². The van der Waals surface area contributed by atoms with Gasteiger partial charge in [0, 0.05) is 36.8 Å². The van der Waals surface area contributed by atoms with Gasteiger partial charge in [-0.05, 0) is 86.3 Å². The molecule has 5 N–H and O–H groups in total. The molecule has 4 aromatic carbocycles. The Morgan fingerprint density at radius 3 is 2.44 bits per heavy atom. The lowest BCUT2D eigenvalue weighted by Crippen LogP contribution is -2.49. The van der Waals surface area contributed by atoms with E-state index in [1.165, 1.54) is 25.3 Å². The number of methoxy groups -OCH3 is 1. The zero-order chi connectivity index (χ0) is 36.0. The van der Waals surface area contributed by atoms with Crippen molar-refractivity contribution in [3.8, 4) is 11.5 Å². The van der Waals surface area contributed by atoms with Crippen LogP contribution in [0.15, 0.2) is 95.9 Å². The maximum atomic E-state index is 13.9. The fourth-order valence-corrected chi connectivity index (χ4v) is 6.77. The minimum Gasteiger partial charge on any atom is -0.497 e. The fraction of sp³-hybridized carbons (Fsp3) is 0.297. The van der Waals surface area contributed by atoms with Crippen LogP contribution in [0.25, 0.3) is 0 Å². The van der Waals surface area contributed by atoms with E-state index in [0.717, 1.165) is 5.56 Å². The van der Waals surface area contributed by atoms with Crippen LogP contribution in [0.4, 0.5) is 17.1 Å². The second kappa shape index (κ2) is 15.6. The topological polar surface area (TPSA) is 164 Å². The molecule has 1 aliphatic rings. The number of carbonyl (C=O) groups is 2. The van der Waals surface area contributed by atoms with E-state index in [2.05, 4.69) is 14.9 Å². The van der Waals surface area contributed by atoms with Crippen molar-refractivity contribution in [1.82, 2.24) is 9.80 Å². The Balaban J connectivity index is 1.32. The van der Waals surface area contributed by atoms with Crippen LogP contribution in [0.2, 0.25) is 0 Å². The fourth-order valence-electron chi connectivity index (χ4n) is 5.72. The van der Waals surface area contributed by atoms with Gasteiger partial charge in [0.15, 0.2) is 0 Å². The van der Waals surface area contributed by atoms with Crippen molar-refractivity contribution in [2.45, 2.75) is 37.4 Å². The lowest BCUT2D eigenvalue weighted by molar-refractivity contribution is 0.0341. The summed E-state index contributed by atoms with van der Waals surface area (Å²) in [6.07, 6.45) is -0.358. The van der Waals surface area contributed by atoms with E-state index < -0.39 is 16.1 Å². The summed E-state index contributed by atoms with van der Waals surface area (Å²) in [5.41, 5.74) is 8.87. The number of nitrogens with zero attached hydrogens (tertiary/aromatic N) is 2. The van der Waals surface area contributed by atoms with Crippen LogP contribution in [-0.4, -0.2) is 81.1 Å². The predicted octanol–water partition coefficient (Wildman–Crippen LogP) is 4.68. The Bertz CT molecular complexity index is 1920. The molecular formula is C37H43N5O7S. The number of nitrogens with two attached hydrogens (primary N) is 1. The Morgan fingerprint density at radius 2 is 1.78 bits per heavy atom. The smallest absolute Gasteiger partial charge is 0.261 e. The average Bonchev–Trinajstić information content (AvgIpc) is 3.10. The standard InChI is InChI=1S/C37H43N5O7S/c1-24-20-42(25(2)23-43)37(45)31-19-28(40-50(46,47)30-16-14-29(48-4)15-17-30)13-18-34(31)49-35(24)22-41(3)21-26-9-11-27(12-10-26)36(44)39-33-8-6-5-7-32(33)38/h5-19,24-25,35,40,43H,20-23,38H2,1-4H3,(H,39,44)/t24-,25+,35-/m0/s1. The van der Waals surface area contributed by atoms with Gasteiger partial charge >= 0.3 is 0 Å². The number of para-hydroxylation sites is 2. The molecule has 12 nitrogen and oxygen atoms in total. The monoisotopic (exact) mass is 701 g/mol. The third-order valence-electron chi connectivity index (χ3n) is 8.66. The van der Waals surface area contributed by atoms with E-state index in [9.17, 15) is 23.1 Å². The van der Waals surface area contributed by atoms with Gasteiger partial charge in [0.1, 0.15) is 17.6 Å². The summed E-state index contributed by atoms with van der Waals surface area (Å²) in [6.45, 7) is 4.90. The SMILES string of the molecule is COc1ccc(S(=O)(=O)Nc2ccc3c(c2)C(=O)N([C@H](C)CO)C[C@H](C)[C@H](CN(C)Cc2ccc(C(=O)Nc4ccccc4N)cc2)O3)cc1. The molecule has 0 unspecified atom stereocenters. The summed E-state index contributed by atoms with van der Waals surface area (Å²) in [4.78, 5) is 30.4. The summed E-state index contributed by atoms with van der Waals surface area (Å²) < 4.78 is 40.5. The van der Waals surface area contributed by atoms with E-state index in [1.54, 1.807) is 72.5 Å². The van der Waals surface area contributed by atoms with Gasteiger partial charge in [-0.25, -0.2) is 8.42 Å². The predicted molar refractivity (Wildman–Crippen MR) is 193 cm³/mol. The highest BCUT2D eigenvalue weighted by atomic mass is 32.2. The highest BCUT2D eigenvalue weighted by Gasteiger charge is 2.34. The van der Waals surface area contributed by atoms with Crippen molar-refractivity contribution in [1.29, 1.82) is 0 Å². The van der Waals surface area contributed by atoms with Crippen molar-refractivity contribution in [2.75, 3.05) is 49.6 Å². The molecule has 0 aliphatic carbocycles. The molecule has 0 bridgehead atoms. The van der Waals surface area contributed by atoms with Gasteiger partial charge in [0.05, 0.1) is 41.6 Å². The molecule has 4 aromatic rings. The summed E-state index contributed by atoms with van der Waals surface area (Å²) >= 11 is 0. The Hall–Kier alpha value is -5.11. The number of nitrogen functional groups attached to an aromatic ring is 1. The number of likely N-dealkylation sites (N-methyl/N-ethyl adjacent to an activating group) is 1. The largest absolute Gasteiger partial charge is 0.497 e. The number of anilines is 3. The maximum Gasteiger partial charge on any atom is 0.261 e. The van der Waals surface area contributed by atoms with Crippen LogP contribution in [0, 0.1) is 5.92 Å². The summed E-state index contributed by atoms with van der Waals surface area (Å²) in [7, 11) is -0.509. The second-order valence-corrected chi connectivity index (χ2v) is 14.2. The van der Waals surface area contributed by atoms with Crippen LogP contribution in [0.5, 0.6) is 11.5 Å². The highest BCUT2D eigenvalue weighted by Crippen LogP contribution is 2.32. The number of sulfonamides is 1. The van der Waals surface area contributed by atoms with E-state index >= 15 is 0 Å². The first-order chi connectivity index (χ1) is 23.9. The van der Waals surface area contributed by atoms with Crippen LogP contribution in [0.1, 0.15) is 40.1 Å². The number of aliphatic hydroxyl groups excluding tert-OH is 1. The molecule has 50 heavy (non-hydrogen) atoms. The van der Waals surface area contributed by atoms with E-state index in [4.69, 9.17) is 15.2 Å². The van der Waals surface area contributed by atoms with Gasteiger partial charge in [-0.15, -0.1) is 0 Å². The Morgan fingerprint density at radius 1 is 1.08 bits per heavy atom. The first-order valence-electron chi connectivity index (χ1n) is 16.2. The van der Waals surface area contributed by atoms with Gasteiger partial charge in [-0.1, -0.05) is 31.2 Å². The molecule has 3 atom stereocenters. The number of carbonyl (C=O) groups excluding carboxylic acids is 2. The molecular weight excluding hydrogens is 659 g/mol. The summed E-state index contributed by atoms with van der Waals surface area (Å²) in [5, 5.41) is 12.9. The second-order valence-electron chi connectivity index (χ2n) is 12.5.